The molecule has 1 heterocycles. The van der Waals surface area contributed by atoms with Crippen LogP contribution in [0.3, 0.4) is 0 Å². The number of nitrogens with zero attached hydrogens (tertiary/aromatic N) is 2. The van der Waals surface area contributed by atoms with Gasteiger partial charge in [0.1, 0.15) is 6.10 Å². The van der Waals surface area contributed by atoms with Crippen LogP contribution in [-0.4, -0.2) is 28.6 Å². The Kier molecular flexibility index (Phi) is 5.21. The predicted octanol–water partition coefficient (Wildman–Crippen LogP) is 3.34. The summed E-state index contributed by atoms with van der Waals surface area (Å²) in [4.78, 5) is 0. The van der Waals surface area contributed by atoms with E-state index in [0.717, 1.165) is 15.6 Å². The third-order valence-electron chi connectivity index (χ3n) is 3.13. The number of aryl methyl sites for hydroxylation is 1. The number of methoxy groups -OCH3 is 1. The van der Waals surface area contributed by atoms with Crippen molar-refractivity contribution in [1.29, 1.82) is 0 Å². The third kappa shape index (κ3) is 3.23. The van der Waals surface area contributed by atoms with Crippen LogP contribution < -0.4 is 0 Å². The standard InChI is InChI=1S/C14H16BrClN2O2/c1-9-7-10(16)3-4-11(9)14(19)13-12(15)8-17-18(13)5-6-20-2/h3-4,7-8,14,19H,5-6H2,1-2H3. The minimum absolute atomic E-state index is 0.535. The Balaban J connectivity index is 2.37. The van der Waals surface area contributed by atoms with Gasteiger partial charge < -0.3 is 9.84 Å². The zero-order valence-electron chi connectivity index (χ0n) is 11.3. The highest BCUT2D eigenvalue weighted by atomic mass is 79.9. The first-order valence-electron chi connectivity index (χ1n) is 6.19. The fourth-order valence-corrected chi connectivity index (χ4v) is 2.83. The van der Waals surface area contributed by atoms with Crippen molar-refractivity contribution in [2.24, 2.45) is 0 Å². The molecule has 1 aromatic heterocycles. The van der Waals surface area contributed by atoms with Crippen molar-refractivity contribution < 1.29 is 9.84 Å². The first-order valence-corrected chi connectivity index (χ1v) is 7.36. The van der Waals surface area contributed by atoms with Crippen molar-refractivity contribution in [3.05, 3.63) is 50.7 Å². The first kappa shape index (κ1) is 15.5. The Bertz CT molecular complexity index is 601. The van der Waals surface area contributed by atoms with Gasteiger partial charge in [0.05, 0.1) is 29.5 Å². The van der Waals surface area contributed by atoms with Gasteiger partial charge in [-0.3, -0.25) is 4.68 Å². The molecule has 0 saturated carbocycles. The molecule has 2 rings (SSSR count). The van der Waals surface area contributed by atoms with Crippen LogP contribution in [0, 0.1) is 6.92 Å². The predicted molar refractivity (Wildman–Crippen MR) is 82.1 cm³/mol. The molecule has 0 bridgehead atoms. The minimum Gasteiger partial charge on any atom is -0.383 e. The number of aromatic nitrogens is 2. The molecule has 108 valence electrons. The average molecular weight is 360 g/mol. The second kappa shape index (κ2) is 6.72. The molecule has 0 fully saturated rings. The smallest absolute Gasteiger partial charge is 0.122 e. The molecule has 1 N–H and O–H groups in total. The van der Waals surface area contributed by atoms with Crippen LogP contribution >= 0.6 is 27.5 Å². The van der Waals surface area contributed by atoms with Gasteiger partial charge >= 0.3 is 0 Å². The summed E-state index contributed by atoms with van der Waals surface area (Å²) in [5.74, 6) is 0. The van der Waals surface area contributed by atoms with Gasteiger partial charge in [-0.25, -0.2) is 0 Å². The van der Waals surface area contributed by atoms with Crippen LogP contribution in [0.15, 0.2) is 28.9 Å². The number of halogens is 2. The average Bonchev–Trinajstić information content (AvgIpc) is 2.77. The minimum atomic E-state index is -0.763. The van der Waals surface area contributed by atoms with E-state index in [0.29, 0.717) is 23.9 Å². The summed E-state index contributed by atoms with van der Waals surface area (Å²) in [5, 5.41) is 15.5. The lowest BCUT2D eigenvalue weighted by molar-refractivity contribution is 0.171. The number of aliphatic hydroxyl groups excluding tert-OH is 1. The Morgan fingerprint density at radius 1 is 1.50 bits per heavy atom. The summed E-state index contributed by atoms with van der Waals surface area (Å²) in [6, 6.07) is 5.45. The summed E-state index contributed by atoms with van der Waals surface area (Å²) in [6.45, 7) is 3.04. The highest BCUT2D eigenvalue weighted by molar-refractivity contribution is 9.10. The molecule has 1 unspecified atom stereocenters. The highest BCUT2D eigenvalue weighted by Crippen LogP contribution is 2.31. The number of aliphatic hydroxyl groups is 1. The molecule has 0 aliphatic heterocycles. The van der Waals surface area contributed by atoms with Gasteiger partial charge in [-0.2, -0.15) is 5.10 Å². The van der Waals surface area contributed by atoms with E-state index in [2.05, 4.69) is 21.0 Å². The van der Waals surface area contributed by atoms with Gasteiger partial charge in [-0.1, -0.05) is 17.7 Å². The van der Waals surface area contributed by atoms with Crippen molar-refractivity contribution in [3.8, 4) is 0 Å². The van der Waals surface area contributed by atoms with Crippen molar-refractivity contribution >= 4 is 27.5 Å². The lowest BCUT2D eigenvalue weighted by atomic mass is 10.0. The van der Waals surface area contributed by atoms with Crippen molar-refractivity contribution in [1.82, 2.24) is 9.78 Å². The van der Waals surface area contributed by atoms with Crippen molar-refractivity contribution in [2.45, 2.75) is 19.6 Å². The molecule has 0 radical (unpaired) electrons. The zero-order chi connectivity index (χ0) is 14.7. The van der Waals surface area contributed by atoms with Gasteiger partial charge in [0.15, 0.2) is 0 Å². The van der Waals surface area contributed by atoms with E-state index >= 15 is 0 Å². The van der Waals surface area contributed by atoms with Gasteiger partial charge in [-0.15, -0.1) is 0 Å². The van der Waals surface area contributed by atoms with Crippen LogP contribution in [0.2, 0.25) is 5.02 Å². The molecule has 0 amide bonds. The molecule has 20 heavy (non-hydrogen) atoms. The second-order valence-corrected chi connectivity index (χ2v) is 5.79. The van der Waals surface area contributed by atoms with Crippen LogP contribution in [0.5, 0.6) is 0 Å². The first-order chi connectivity index (χ1) is 9.54. The van der Waals surface area contributed by atoms with Crippen LogP contribution in [-0.2, 0) is 11.3 Å². The molecule has 0 saturated heterocycles. The third-order valence-corrected chi connectivity index (χ3v) is 3.97. The second-order valence-electron chi connectivity index (χ2n) is 4.50. The topological polar surface area (TPSA) is 47.3 Å². The summed E-state index contributed by atoms with van der Waals surface area (Å²) in [6.07, 6.45) is 0.917. The SMILES string of the molecule is COCCn1ncc(Br)c1C(O)c1ccc(Cl)cc1C. The molecule has 1 aromatic carbocycles. The maximum Gasteiger partial charge on any atom is 0.122 e. The molecule has 6 heteroatoms. The quantitative estimate of drug-likeness (QED) is 0.890. The summed E-state index contributed by atoms with van der Waals surface area (Å²) in [7, 11) is 1.64. The lowest BCUT2D eigenvalue weighted by Crippen LogP contribution is -2.14. The van der Waals surface area contributed by atoms with Gasteiger partial charge in [0.25, 0.3) is 0 Å². The molecular weight excluding hydrogens is 344 g/mol. The zero-order valence-corrected chi connectivity index (χ0v) is 13.6. The van der Waals surface area contributed by atoms with Gasteiger partial charge in [-0.05, 0) is 46.1 Å². The fraction of sp³-hybridized carbons (Fsp3) is 0.357. The lowest BCUT2D eigenvalue weighted by Gasteiger charge is -2.16. The molecular formula is C14H16BrClN2O2. The van der Waals surface area contributed by atoms with E-state index in [4.69, 9.17) is 16.3 Å². The molecule has 4 nitrogen and oxygen atoms in total. The van der Waals surface area contributed by atoms with Crippen LogP contribution in [0.1, 0.15) is 22.9 Å². The maximum absolute atomic E-state index is 10.6. The van der Waals surface area contributed by atoms with E-state index in [1.807, 2.05) is 19.1 Å². The number of hydrogen-bond acceptors (Lipinski definition) is 3. The van der Waals surface area contributed by atoms with E-state index in [9.17, 15) is 5.11 Å². The summed E-state index contributed by atoms with van der Waals surface area (Å²) < 4.78 is 7.58. The van der Waals surface area contributed by atoms with Gasteiger partial charge in [0, 0.05) is 12.1 Å². The van der Waals surface area contributed by atoms with E-state index in [1.165, 1.54) is 0 Å². The normalized spacial score (nSPS) is 12.7. The fourth-order valence-electron chi connectivity index (χ4n) is 2.09. The van der Waals surface area contributed by atoms with E-state index < -0.39 is 6.10 Å². The van der Waals surface area contributed by atoms with Crippen LogP contribution in [0.25, 0.3) is 0 Å². The number of rotatable bonds is 5. The highest BCUT2D eigenvalue weighted by Gasteiger charge is 2.21. The number of ether oxygens (including phenoxy) is 1. The number of hydrogen-bond donors (Lipinski definition) is 1. The molecule has 0 spiro atoms. The number of benzene rings is 1. The van der Waals surface area contributed by atoms with Gasteiger partial charge in [0.2, 0.25) is 0 Å². The molecule has 0 aliphatic carbocycles. The monoisotopic (exact) mass is 358 g/mol. The molecule has 2 aromatic rings. The largest absolute Gasteiger partial charge is 0.383 e. The van der Waals surface area contributed by atoms with E-state index in [1.54, 1.807) is 24.1 Å². The molecule has 0 aliphatic rings. The van der Waals surface area contributed by atoms with Crippen LogP contribution in [0.4, 0.5) is 0 Å². The Morgan fingerprint density at radius 3 is 2.90 bits per heavy atom. The summed E-state index contributed by atoms with van der Waals surface area (Å²) in [5.41, 5.74) is 2.47. The molecule has 1 atom stereocenters. The van der Waals surface area contributed by atoms with E-state index in [-0.39, 0.29) is 0 Å². The Hall–Kier alpha value is -0.880. The maximum atomic E-state index is 10.6. The Morgan fingerprint density at radius 2 is 2.25 bits per heavy atom. The Labute approximate surface area is 131 Å². The van der Waals surface area contributed by atoms with Crippen molar-refractivity contribution in [2.75, 3.05) is 13.7 Å². The van der Waals surface area contributed by atoms with Crippen molar-refractivity contribution in [3.63, 3.8) is 0 Å². The summed E-state index contributed by atoms with van der Waals surface area (Å²) >= 11 is 9.39.